The lowest BCUT2D eigenvalue weighted by Gasteiger charge is -2.74. The SMILES string of the molecule is O[C@@H](COc1ccc(C23CC(C(F)(F)C(O)(Cn4cncn4)c4ccc(F)cc4F)(C2)C3)cc1)C(F)(F)F. The highest BCUT2D eigenvalue weighted by molar-refractivity contribution is 5.44. The summed E-state index contributed by atoms with van der Waals surface area (Å²) in [7, 11) is 0. The molecule has 6 rings (SSSR count). The van der Waals surface area contributed by atoms with Crippen molar-refractivity contribution in [1.29, 1.82) is 0 Å². The van der Waals surface area contributed by atoms with Gasteiger partial charge in [-0.1, -0.05) is 12.1 Å². The molecule has 1 heterocycles. The van der Waals surface area contributed by atoms with E-state index in [-0.39, 0.29) is 25.0 Å². The molecule has 3 saturated carbocycles. The predicted octanol–water partition coefficient (Wildman–Crippen LogP) is 4.50. The number of hydrogen-bond acceptors (Lipinski definition) is 5. The van der Waals surface area contributed by atoms with Crippen LogP contribution in [-0.4, -0.2) is 49.8 Å². The number of nitrogens with zero attached hydrogens (tertiary/aromatic N) is 3. The lowest BCUT2D eigenvalue weighted by Crippen LogP contribution is -2.76. The predicted molar refractivity (Wildman–Crippen MR) is 117 cm³/mol. The van der Waals surface area contributed by atoms with Gasteiger partial charge in [0.2, 0.25) is 0 Å². The number of hydrogen-bond donors (Lipinski definition) is 2. The molecule has 1 aromatic heterocycles. The van der Waals surface area contributed by atoms with Gasteiger partial charge in [-0.2, -0.15) is 18.3 Å². The Hall–Kier alpha value is -3.19. The average molecular weight is 545 g/mol. The first-order valence-corrected chi connectivity index (χ1v) is 11.6. The van der Waals surface area contributed by atoms with E-state index in [4.69, 9.17) is 9.84 Å². The summed E-state index contributed by atoms with van der Waals surface area (Å²) in [4.78, 5) is 3.68. The van der Waals surface area contributed by atoms with Crippen molar-refractivity contribution in [2.75, 3.05) is 6.61 Å². The van der Waals surface area contributed by atoms with Crippen LogP contribution in [0.25, 0.3) is 0 Å². The maximum absolute atomic E-state index is 16.2. The van der Waals surface area contributed by atoms with Crippen LogP contribution in [-0.2, 0) is 17.6 Å². The number of halogens is 7. The molecule has 1 unspecified atom stereocenters. The summed E-state index contributed by atoms with van der Waals surface area (Å²) in [5.41, 5.74) is -5.49. The summed E-state index contributed by atoms with van der Waals surface area (Å²) in [5, 5.41) is 24.2. The standard InChI is InChI=1S/C25H22F7N3O3/c26-16-3-6-18(19(27)7-16)23(37,12-35-14-33-13-34-35)25(31,32)22-9-21(10-22,11-22)15-1-4-17(5-2-15)38-8-20(36)24(28,29)30/h1-7,13-14,20,36-37H,8-12H2/t20-,21?,22?,23?/m0/s1. The summed E-state index contributed by atoms with van der Waals surface area (Å²) in [6.45, 7) is -1.82. The molecule has 3 fully saturated rings. The maximum atomic E-state index is 16.2. The van der Waals surface area contributed by atoms with Crippen molar-refractivity contribution < 1.29 is 45.7 Å². The molecule has 3 aromatic rings. The fraction of sp³-hybridized carbons (Fsp3) is 0.440. The first kappa shape index (κ1) is 26.4. The summed E-state index contributed by atoms with van der Waals surface area (Å²) >= 11 is 0. The van der Waals surface area contributed by atoms with E-state index < -0.39 is 65.0 Å². The van der Waals surface area contributed by atoms with E-state index in [1.165, 1.54) is 12.1 Å². The van der Waals surface area contributed by atoms with Gasteiger partial charge in [0.25, 0.3) is 5.92 Å². The largest absolute Gasteiger partial charge is 0.491 e. The Labute approximate surface area is 211 Å². The molecule has 3 aliphatic rings. The molecule has 2 aromatic carbocycles. The summed E-state index contributed by atoms with van der Waals surface area (Å²) in [6.07, 6.45) is -5.41. The number of ether oxygens (including phenoxy) is 1. The topological polar surface area (TPSA) is 80.4 Å². The lowest BCUT2D eigenvalue weighted by molar-refractivity contribution is -0.347. The average Bonchev–Trinajstić information content (AvgIpc) is 3.28. The van der Waals surface area contributed by atoms with Crippen molar-refractivity contribution in [2.45, 2.75) is 55.0 Å². The molecule has 0 saturated heterocycles. The fourth-order valence-corrected chi connectivity index (χ4v) is 5.77. The molecule has 2 N–H and O–H groups in total. The van der Waals surface area contributed by atoms with Gasteiger partial charge < -0.3 is 14.9 Å². The van der Waals surface area contributed by atoms with Gasteiger partial charge in [0.1, 0.15) is 36.6 Å². The van der Waals surface area contributed by atoms with E-state index >= 15 is 8.78 Å². The Morgan fingerprint density at radius 1 is 1.00 bits per heavy atom. The van der Waals surface area contributed by atoms with Crippen molar-refractivity contribution in [3.05, 3.63) is 77.9 Å². The quantitative estimate of drug-likeness (QED) is 0.387. The molecular weight excluding hydrogens is 523 g/mol. The molecule has 0 amide bonds. The highest BCUT2D eigenvalue weighted by Crippen LogP contribution is 2.80. The lowest BCUT2D eigenvalue weighted by atomic mass is 9.30. The van der Waals surface area contributed by atoms with Crippen LogP contribution in [0.4, 0.5) is 30.7 Å². The van der Waals surface area contributed by atoms with Crippen LogP contribution in [0, 0.1) is 17.0 Å². The highest BCUT2D eigenvalue weighted by atomic mass is 19.4. The fourth-order valence-electron chi connectivity index (χ4n) is 5.77. The molecule has 0 spiro atoms. The summed E-state index contributed by atoms with van der Waals surface area (Å²) < 4.78 is 104. The minimum Gasteiger partial charge on any atom is -0.491 e. The van der Waals surface area contributed by atoms with E-state index in [0.29, 0.717) is 11.6 Å². The van der Waals surface area contributed by atoms with E-state index in [2.05, 4.69) is 10.1 Å². The van der Waals surface area contributed by atoms with Gasteiger partial charge >= 0.3 is 6.18 Å². The monoisotopic (exact) mass is 545 g/mol. The molecule has 2 bridgehead atoms. The van der Waals surface area contributed by atoms with Gasteiger partial charge in [-0.3, -0.25) is 0 Å². The zero-order valence-corrected chi connectivity index (χ0v) is 19.6. The molecule has 3 aliphatic carbocycles. The Morgan fingerprint density at radius 3 is 2.21 bits per heavy atom. The van der Waals surface area contributed by atoms with Crippen LogP contribution in [0.5, 0.6) is 5.75 Å². The molecular formula is C25H22F7N3O3. The number of benzene rings is 2. The van der Waals surface area contributed by atoms with E-state index in [1.54, 1.807) is 12.1 Å². The second-order valence-corrected chi connectivity index (χ2v) is 10.1. The minimum absolute atomic E-state index is 0.0392. The zero-order valence-electron chi connectivity index (χ0n) is 19.6. The van der Waals surface area contributed by atoms with Crippen LogP contribution in [0.15, 0.2) is 55.1 Å². The minimum atomic E-state index is -4.82. The first-order valence-electron chi connectivity index (χ1n) is 11.6. The van der Waals surface area contributed by atoms with Crippen LogP contribution in [0.3, 0.4) is 0 Å². The van der Waals surface area contributed by atoms with Crippen molar-refractivity contribution in [1.82, 2.24) is 14.8 Å². The Kier molecular flexibility index (Phi) is 6.02. The second kappa shape index (κ2) is 8.67. The molecule has 0 aliphatic heterocycles. The maximum Gasteiger partial charge on any atom is 0.417 e. The Morgan fingerprint density at radius 2 is 1.66 bits per heavy atom. The van der Waals surface area contributed by atoms with Gasteiger partial charge in [0, 0.05) is 17.0 Å². The highest BCUT2D eigenvalue weighted by Gasteiger charge is 2.82. The number of alkyl halides is 5. The first-order chi connectivity index (χ1) is 17.7. The normalized spacial score (nSPS) is 25.2. The van der Waals surface area contributed by atoms with Gasteiger partial charge in [0.15, 0.2) is 11.7 Å². The molecule has 0 radical (unpaired) electrons. The van der Waals surface area contributed by atoms with Crippen molar-refractivity contribution in [3.63, 3.8) is 0 Å². The molecule has 2 atom stereocenters. The van der Waals surface area contributed by atoms with E-state index in [9.17, 15) is 27.1 Å². The van der Waals surface area contributed by atoms with Gasteiger partial charge in [-0.25, -0.2) is 27.2 Å². The number of aliphatic hydroxyl groups is 2. The van der Waals surface area contributed by atoms with Gasteiger partial charge in [-0.05, 0) is 54.5 Å². The molecule has 6 nitrogen and oxygen atoms in total. The third-order valence-electron chi connectivity index (χ3n) is 7.70. The van der Waals surface area contributed by atoms with E-state index in [0.717, 1.165) is 29.5 Å². The van der Waals surface area contributed by atoms with Gasteiger partial charge in [-0.15, -0.1) is 0 Å². The van der Waals surface area contributed by atoms with E-state index in [1.807, 2.05) is 0 Å². The van der Waals surface area contributed by atoms with Crippen molar-refractivity contribution in [3.8, 4) is 5.75 Å². The van der Waals surface area contributed by atoms with Crippen LogP contribution >= 0.6 is 0 Å². The number of rotatable bonds is 9. The van der Waals surface area contributed by atoms with Crippen molar-refractivity contribution in [2.24, 2.45) is 5.41 Å². The zero-order chi connectivity index (χ0) is 27.6. The summed E-state index contributed by atoms with van der Waals surface area (Å²) in [6, 6.07) is 7.90. The molecule has 13 heteroatoms. The van der Waals surface area contributed by atoms with Crippen LogP contribution in [0.1, 0.15) is 30.4 Å². The van der Waals surface area contributed by atoms with Crippen molar-refractivity contribution >= 4 is 0 Å². The molecule has 38 heavy (non-hydrogen) atoms. The Bertz CT molecular complexity index is 1290. The Balaban J connectivity index is 1.35. The third-order valence-corrected chi connectivity index (χ3v) is 7.70. The number of aliphatic hydroxyl groups excluding tert-OH is 1. The van der Waals surface area contributed by atoms with Crippen LogP contribution in [0.2, 0.25) is 0 Å². The van der Waals surface area contributed by atoms with Gasteiger partial charge in [0.05, 0.1) is 6.54 Å². The van der Waals surface area contributed by atoms with Crippen LogP contribution < -0.4 is 4.74 Å². The number of aromatic nitrogens is 3. The smallest absolute Gasteiger partial charge is 0.417 e. The summed E-state index contributed by atoms with van der Waals surface area (Å²) in [5.74, 6) is -6.09. The third kappa shape index (κ3) is 4.03. The second-order valence-electron chi connectivity index (χ2n) is 10.1. The molecule has 204 valence electrons.